The van der Waals surface area contributed by atoms with Crippen molar-refractivity contribution in [2.24, 2.45) is 0 Å². The molecular weight excluding hydrogens is 207 g/mol. The predicted octanol–water partition coefficient (Wildman–Crippen LogP) is 1.99. The van der Waals surface area contributed by atoms with Crippen LogP contribution >= 0.6 is 0 Å². The molecule has 0 aliphatic heterocycles. The van der Waals surface area contributed by atoms with E-state index in [9.17, 15) is 9.18 Å². The smallest absolute Gasteiger partial charge is 0.265 e. The predicted molar refractivity (Wildman–Crippen MR) is 58.9 cm³/mol. The van der Waals surface area contributed by atoms with Crippen LogP contribution in [0.15, 0.2) is 47.4 Å². The molecule has 16 heavy (non-hydrogen) atoms. The second kappa shape index (κ2) is 3.13. The highest BCUT2D eigenvalue weighted by molar-refractivity contribution is 5.79. The van der Waals surface area contributed by atoms with Crippen molar-refractivity contribution < 1.29 is 4.39 Å². The summed E-state index contributed by atoms with van der Waals surface area (Å²) in [5, 5.41) is 0.491. The zero-order valence-corrected chi connectivity index (χ0v) is 8.22. The third-order valence-electron chi connectivity index (χ3n) is 2.48. The van der Waals surface area contributed by atoms with Crippen LogP contribution < -0.4 is 5.56 Å². The summed E-state index contributed by atoms with van der Waals surface area (Å²) in [6.07, 6.45) is 1.15. The SMILES string of the molecule is O=c1c2ccccc2nc2ccc(F)cn12. The lowest BCUT2D eigenvalue weighted by Gasteiger charge is -2.02. The Balaban J connectivity index is 2.61. The van der Waals surface area contributed by atoms with E-state index in [0.717, 1.165) is 6.20 Å². The van der Waals surface area contributed by atoms with E-state index in [2.05, 4.69) is 4.98 Å². The van der Waals surface area contributed by atoms with E-state index in [1.807, 2.05) is 6.07 Å². The standard InChI is InChI=1S/C12H7FN2O/c13-8-5-6-11-14-10-4-2-1-3-9(10)12(16)15(11)7-8/h1-7H. The summed E-state index contributed by atoms with van der Waals surface area (Å²) in [7, 11) is 0. The fourth-order valence-electron chi connectivity index (χ4n) is 1.73. The number of rotatable bonds is 0. The maximum atomic E-state index is 13.0. The lowest BCUT2D eigenvalue weighted by molar-refractivity contribution is 0.618. The fraction of sp³-hybridized carbons (Fsp3) is 0. The van der Waals surface area contributed by atoms with E-state index in [0.29, 0.717) is 16.6 Å². The molecule has 0 aliphatic rings. The molecule has 3 rings (SSSR count). The Hall–Kier alpha value is -2.23. The van der Waals surface area contributed by atoms with Crippen LogP contribution in [0.2, 0.25) is 0 Å². The first-order valence-electron chi connectivity index (χ1n) is 4.82. The lowest BCUT2D eigenvalue weighted by Crippen LogP contribution is -2.15. The molecule has 0 radical (unpaired) electrons. The molecule has 0 amide bonds. The second-order valence-corrected chi connectivity index (χ2v) is 3.51. The average Bonchev–Trinajstić information content (AvgIpc) is 2.31. The van der Waals surface area contributed by atoms with Gasteiger partial charge < -0.3 is 0 Å². The summed E-state index contributed by atoms with van der Waals surface area (Å²) in [5.41, 5.74) is 0.823. The topological polar surface area (TPSA) is 34.4 Å². The van der Waals surface area contributed by atoms with Crippen LogP contribution in [0.4, 0.5) is 4.39 Å². The number of para-hydroxylation sites is 1. The maximum absolute atomic E-state index is 13.0. The zero-order valence-electron chi connectivity index (χ0n) is 8.22. The van der Waals surface area contributed by atoms with Gasteiger partial charge in [0.05, 0.1) is 10.9 Å². The Morgan fingerprint density at radius 2 is 1.94 bits per heavy atom. The van der Waals surface area contributed by atoms with Crippen LogP contribution in [0.5, 0.6) is 0 Å². The normalized spacial score (nSPS) is 11.1. The van der Waals surface area contributed by atoms with Crippen LogP contribution in [-0.4, -0.2) is 9.38 Å². The molecule has 78 valence electrons. The summed E-state index contributed by atoms with van der Waals surface area (Å²) < 4.78 is 14.2. The summed E-state index contributed by atoms with van der Waals surface area (Å²) in [5.74, 6) is -0.452. The van der Waals surface area contributed by atoms with Gasteiger partial charge in [-0.3, -0.25) is 9.20 Å². The van der Waals surface area contributed by atoms with Crippen molar-refractivity contribution >= 4 is 16.6 Å². The highest BCUT2D eigenvalue weighted by atomic mass is 19.1. The largest absolute Gasteiger partial charge is 0.268 e. The number of benzene rings is 1. The number of hydrogen-bond acceptors (Lipinski definition) is 2. The van der Waals surface area contributed by atoms with Gasteiger partial charge in [0.25, 0.3) is 5.56 Å². The van der Waals surface area contributed by atoms with Crippen LogP contribution in [0.3, 0.4) is 0 Å². The average molecular weight is 214 g/mol. The van der Waals surface area contributed by atoms with Crippen molar-refractivity contribution in [1.82, 2.24) is 9.38 Å². The Labute approximate surface area is 89.8 Å². The second-order valence-electron chi connectivity index (χ2n) is 3.51. The number of halogens is 1. The fourth-order valence-corrected chi connectivity index (χ4v) is 1.73. The molecule has 2 aromatic heterocycles. The van der Waals surface area contributed by atoms with E-state index >= 15 is 0 Å². The molecule has 2 heterocycles. The van der Waals surface area contributed by atoms with Crippen molar-refractivity contribution in [2.45, 2.75) is 0 Å². The first-order chi connectivity index (χ1) is 7.75. The first kappa shape index (κ1) is 9.03. The van der Waals surface area contributed by atoms with Gasteiger partial charge in [-0.25, -0.2) is 9.37 Å². The van der Waals surface area contributed by atoms with Gasteiger partial charge in [0, 0.05) is 6.20 Å². The molecule has 0 fully saturated rings. The molecule has 0 saturated heterocycles. The highest BCUT2D eigenvalue weighted by Crippen LogP contribution is 2.09. The van der Waals surface area contributed by atoms with Crippen molar-refractivity contribution in [2.75, 3.05) is 0 Å². The van der Waals surface area contributed by atoms with Crippen molar-refractivity contribution in [3.63, 3.8) is 0 Å². The van der Waals surface area contributed by atoms with Crippen molar-refractivity contribution in [3.05, 3.63) is 58.8 Å². The van der Waals surface area contributed by atoms with Crippen LogP contribution in [-0.2, 0) is 0 Å². The van der Waals surface area contributed by atoms with Crippen molar-refractivity contribution in [3.8, 4) is 0 Å². The maximum Gasteiger partial charge on any atom is 0.265 e. The van der Waals surface area contributed by atoms with E-state index < -0.39 is 5.82 Å². The molecule has 0 N–H and O–H groups in total. The number of pyridine rings is 1. The van der Waals surface area contributed by atoms with Crippen LogP contribution in [0, 0.1) is 5.82 Å². The van der Waals surface area contributed by atoms with E-state index in [4.69, 9.17) is 0 Å². The molecule has 0 spiro atoms. The van der Waals surface area contributed by atoms with Gasteiger partial charge in [0.2, 0.25) is 0 Å². The highest BCUT2D eigenvalue weighted by Gasteiger charge is 2.04. The molecule has 0 saturated carbocycles. The minimum atomic E-state index is -0.452. The number of hydrogen-bond donors (Lipinski definition) is 0. The van der Waals surface area contributed by atoms with Gasteiger partial charge in [-0.15, -0.1) is 0 Å². The molecule has 0 bridgehead atoms. The number of aromatic nitrogens is 2. The number of fused-ring (bicyclic) bond motifs is 2. The van der Waals surface area contributed by atoms with Gasteiger partial charge in [-0.2, -0.15) is 0 Å². The molecule has 3 nitrogen and oxygen atoms in total. The zero-order chi connectivity index (χ0) is 11.1. The molecule has 1 aromatic carbocycles. The Morgan fingerprint density at radius 1 is 1.12 bits per heavy atom. The first-order valence-corrected chi connectivity index (χ1v) is 4.82. The summed E-state index contributed by atoms with van der Waals surface area (Å²) in [6.45, 7) is 0. The Bertz CT molecular complexity index is 749. The van der Waals surface area contributed by atoms with Gasteiger partial charge >= 0.3 is 0 Å². The third-order valence-corrected chi connectivity index (χ3v) is 2.48. The summed E-state index contributed by atoms with van der Waals surface area (Å²) >= 11 is 0. The Morgan fingerprint density at radius 3 is 2.81 bits per heavy atom. The molecule has 4 heteroatoms. The van der Waals surface area contributed by atoms with Crippen LogP contribution in [0.1, 0.15) is 0 Å². The molecule has 3 aromatic rings. The quantitative estimate of drug-likeness (QED) is 0.536. The monoisotopic (exact) mass is 214 g/mol. The molecule has 0 unspecified atom stereocenters. The van der Waals surface area contributed by atoms with Gasteiger partial charge in [-0.05, 0) is 24.3 Å². The summed E-state index contributed by atoms with van der Waals surface area (Å²) in [6, 6.07) is 9.80. The Kier molecular flexibility index (Phi) is 1.77. The lowest BCUT2D eigenvalue weighted by atomic mass is 10.2. The molecule has 0 atom stereocenters. The van der Waals surface area contributed by atoms with E-state index in [-0.39, 0.29) is 5.56 Å². The summed E-state index contributed by atoms with van der Waals surface area (Å²) in [4.78, 5) is 16.3. The number of nitrogens with zero attached hydrogens (tertiary/aromatic N) is 2. The minimum Gasteiger partial charge on any atom is -0.268 e. The minimum absolute atomic E-state index is 0.250. The van der Waals surface area contributed by atoms with Crippen LogP contribution in [0.25, 0.3) is 16.6 Å². The van der Waals surface area contributed by atoms with Gasteiger partial charge in [0.1, 0.15) is 11.5 Å². The molecular formula is C12H7FN2O. The molecule has 0 aliphatic carbocycles. The third kappa shape index (κ3) is 1.20. The van der Waals surface area contributed by atoms with Gasteiger partial charge in [-0.1, -0.05) is 12.1 Å². The van der Waals surface area contributed by atoms with Gasteiger partial charge in [0.15, 0.2) is 0 Å². The van der Waals surface area contributed by atoms with Crippen molar-refractivity contribution in [1.29, 1.82) is 0 Å². The van der Waals surface area contributed by atoms with E-state index in [1.165, 1.54) is 16.5 Å². The van der Waals surface area contributed by atoms with E-state index in [1.54, 1.807) is 18.2 Å².